The fourth-order valence-corrected chi connectivity index (χ4v) is 2.77. The van der Waals surface area contributed by atoms with Gasteiger partial charge in [0.05, 0.1) is 17.1 Å². The highest BCUT2D eigenvalue weighted by Gasteiger charge is 2.53. The van der Waals surface area contributed by atoms with Crippen LogP contribution in [0.25, 0.3) is 0 Å². The maximum absolute atomic E-state index is 14.3. The van der Waals surface area contributed by atoms with Crippen molar-refractivity contribution in [3.05, 3.63) is 33.5 Å². The smallest absolute Gasteiger partial charge is 0.402 e. The molecule has 1 fully saturated rings. The van der Waals surface area contributed by atoms with Gasteiger partial charge in [-0.05, 0) is 52.3 Å². The normalized spacial score (nSPS) is 22.1. The van der Waals surface area contributed by atoms with Gasteiger partial charge in [0.1, 0.15) is 5.82 Å². The third-order valence-electron chi connectivity index (χ3n) is 4.17. The molecule has 0 saturated carbocycles. The van der Waals surface area contributed by atoms with Crippen LogP contribution in [-0.2, 0) is 9.31 Å². The largest absolute Gasteiger partial charge is 0.480 e. The Kier molecular flexibility index (Phi) is 4.06. The van der Waals surface area contributed by atoms with Crippen LogP contribution < -0.4 is 5.73 Å². The SMILES string of the molecule is Cc1cc(Br)cc([C@H](N)B2OC(C)(C)C(C)(C)O2)c1F. The molecular weight excluding hydrogens is 324 g/mol. The van der Waals surface area contributed by atoms with Gasteiger partial charge in [-0.15, -0.1) is 0 Å². The van der Waals surface area contributed by atoms with Crippen molar-refractivity contribution in [1.29, 1.82) is 0 Å². The number of rotatable bonds is 2. The summed E-state index contributed by atoms with van der Waals surface area (Å²) in [6, 6.07) is 3.40. The van der Waals surface area contributed by atoms with E-state index in [4.69, 9.17) is 15.0 Å². The molecule has 110 valence electrons. The molecular formula is C14H20BBrFNO2. The molecule has 2 rings (SSSR count). The minimum absolute atomic E-state index is 0.310. The second-order valence-corrected chi connectivity index (χ2v) is 7.19. The molecule has 1 aliphatic heterocycles. The predicted octanol–water partition coefficient (Wildman–Crippen LogP) is 3.53. The Labute approximate surface area is 128 Å². The molecule has 6 heteroatoms. The van der Waals surface area contributed by atoms with Gasteiger partial charge in [0.2, 0.25) is 0 Å². The number of hydrogen-bond acceptors (Lipinski definition) is 3. The first-order chi connectivity index (χ1) is 9.05. The summed E-state index contributed by atoms with van der Waals surface area (Å²) in [7, 11) is -0.664. The Morgan fingerprint density at radius 1 is 1.20 bits per heavy atom. The van der Waals surface area contributed by atoms with Crippen LogP contribution in [0.2, 0.25) is 0 Å². The van der Waals surface area contributed by atoms with Crippen molar-refractivity contribution in [2.45, 2.75) is 51.8 Å². The molecule has 0 radical (unpaired) electrons. The Bertz CT molecular complexity index is 520. The summed E-state index contributed by atoms with van der Waals surface area (Å²) in [5.41, 5.74) is 6.15. The Morgan fingerprint density at radius 2 is 1.70 bits per heavy atom. The van der Waals surface area contributed by atoms with Crippen LogP contribution in [0.3, 0.4) is 0 Å². The molecule has 0 aliphatic carbocycles. The van der Waals surface area contributed by atoms with Crippen LogP contribution >= 0.6 is 15.9 Å². The summed E-state index contributed by atoms with van der Waals surface area (Å²) in [5, 5.41) is 0. The van der Waals surface area contributed by atoms with Gasteiger partial charge in [-0.1, -0.05) is 15.9 Å². The van der Waals surface area contributed by atoms with Crippen LogP contribution in [0.1, 0.15) is 44.8 Å². The quantitative estimate of drug-likeness (QED) is 0.835. The molecule has 0 bridgehead atoms. The van der Waals surface area contributed by atoms with Crippen molar-refractivity contribution < 1.29 is 13.7 Å². The van der Waals surface area contributed by atoms with Crippen LogP contribution in [0.5, 0.6) is 0 Å². The monoisotopic (exact) mass is 343 g/mol. The molecule has 1 aromatic carbocycles. The molecule has 20 heavy (non-hydrogen) atoms. The van der Waals surface area contributed by atoms with E-state index in [1.165, 1.54) is 0 Å². The second kappa shape index (κ2) is 5.09. The van der Waals surface area contributed by atoms with Gasteiger partial charge in [0, 0.05) is 10.0 Å². The van der Waals surface area contributed by atoms with Crippen LogP contribution in [0.15, 0.2) is 16.6 Å². The fourth-order valence-electron chi connectivity index (χ4n) is 2.18. The Morgan fingerprint density at radius 3 is 2.20 bits per heavy atom. The zero-order chi connectivity index (χ0) is 15.3. The average Bonchev–Trinajstić information content (AvgIpc) is 2.52. The summed E-state index contributed by atoms with van der Waals surface area (Å²) in [4.78, 5) is 0. The molecule has 3 nitrogen and oxygen atoms in total. The zero-order valence-electron chi connectivity index (χ0n) is 12.5. The zero-order valence-corrected chi connectivity index (χ0v) is 14.0. The lowest BCUT2D eigenvalue weighted by Crippen LogP contribution is -2.41. The van der Waals surface area contributed by atoms with Crippen molar-refractivity contribution in [1.82, 2.24) is 0 Å². The highest BCUT2D eigenvalue weighted by atomic mass is 79.9. The third-order valence-corrected chi connectivity index (χ3v) is 4.63. The highest BCUT2D eigenvalue weighted by molar-refractivity contribution is 9.10. The lowest BCUT2D eigenvalue weighted by Gasteiger charge is -2.32. The topological polar surface area (TPSA) is 44.5 Å². The minimum Gasteiger partial charge on any atom is -0.402 e. The van der Waals surface area contributed by atoms with E-state index in [9.17, 15) is 4.39 Å². The maximum atomic E-state index is 14.3. The Hall–Kier alpha value is -0.425. The van der Waals surface area contributed by atoms with Gasteiger partial charge in [-0.2, -0.15) is 0 Å². The van der Waals surface area contributed by atoms with Crippen molar-refractivity contribution in [2.24, 2.45) is 5.73 Å². The maximum Gasteiger partial charge on any atom is 0.480 e. The number of halogens is 2. The first kappa shape index (κ1) is 16.0. The van der Waals surface area contributed by atoms with Gasteiger partial charge in [-0.25, -0.2) is 4.39 Å². The summed E-state index contributed by atoms with van der Waals surface area (Å²) in [6.07, 6.45) is 0. The molecule has 1 heterocycles. The van der Waals surface area contributed by atoms with E-state index < -0.39 is 24.3 Å². The van der Waals surface area contributed by atoms with Crippen LogP contribution in [0.4, 0.5) is 4.39 Å². The van der Waals surface area contributed by atoms with Gasteiger partial charge < -0.3 is 15.0 Å². The summed E-state index contributed by atoms with van der Waals surface area (Å²) in [6.45, 7) is 9.50. The average molecular weight is 344 g/mol. The lowest BCUT2D eigenvalue weighted by atomic mass is 9.74. The molecule has 2 N–H and O–H groups in total. The Balaban J connectivity index is 2.32. The standard InChI is InChI=1S/C14H20BBrFNO2/c1-8-6-9(16)7-10(11(8)17)12(18)15-19-13(2,3)14(4,5)20-15/h6-7,12H,18H2,1-5H3/t12-/m0/s1. The lowest BCUT2D eigenvalue weighted by molar-refractivity contribution is 0.00578. The van der Waals surface area contributed by atoms with E-state index in [-0.39, 0.29) is 5.82 Å². The van der Waals surface area contributed by atoms with E-state index in [1.54, 1.807) is 19.1 Å². The van der Waals surface area contributed by atoms with Crippen LogP contribution in [-0.4, -0.2) is 18.3 Å². The van der Waals surface area contributed by atoms with E-state index in [0.717, 1.165) is 4.47 Å². The van der Waals surface area contributed by atoms with Crippen molar-refractivity contribution in [3.8, 4) is 0 Å². The summed E-state index contributed by atoms with van der Waals surface area (Å²) < 4.78 is 26.8. The highest BCUT2D eigenvalue weighted by Crippen LogP contribution is 2.40. The third kappa shape index (κ3) is 2.66. The fraction of sp³-hybridized carbons (Fsp3) is 0.571. The molecule has 1 atom stereocenters. The van der Waals surface area contributed by atoms with Crippen molar-refractivity contribution in [3.63, 3.8) is 0 Å². The van der Waals surface area contributed by atoms with E-state index >= 15 is 0 Å². The van der Waals surface area contributed by atoms with Gasteiger partial charge >= 0.3 is 7.12 Å². The van der Waals surface area contributed by atoms with E-state index in [0.29, 0.717) is 11.1 Å². The molecule has 1 saturated heterocycles. The van der Waals surface area contributed by atoms with E-state index in [1.807, 2.05) is 27.7 Å². The number of aryl methyl sites for hydroxylation is 1. The molecule has 0 aromatic heterocycles. The minimum atomic E-state index is -0.674. The van der Waals surface area contributed by atoms with Crippen LogP contribution in [0, 0.1) is 12.7 Å². The van der Waals surface area contributed by atoms with Gasteiger partial charge in [0.25, 0.3) is 0 Å². The molecule has 1 aliphatic rings. The summed E-state index contributed by atoms with van der Waals surface area (Å²) in [5.74, 6) is -0.984. The van der Waals surface area contributed by atoms with Gasteiger partial charge in [0.15, 0.2) is 0 Å². The molecule has 0 unspecified atom stereocenters. The summed E-state index contributed by atoms with van der Waals surface area (Å²) >= 11 is 3.37. The van der Waals surface area contributed by atoms with E-state index in [2.05, 4.69) is 15.9 Å². The number of nitrogens with two attached hydrogens (primary N) is 1. The molecule has 0 amide bonds. The second-order valence-electron chi connectivity index (χ2n) is 6.28. The van der Waals surface area contributed by atoms with Crippen molar-refractivity contribution >= 4 is 23.0 Å². The first-order valence-electron chi connectivity index (χ1n) is 6.62. The molecule has 1 aromatic rings. The predicted molar refractivity (Wildman–Crippen MR) is 81.8 cm³/mol. The number of hydrogen-bond donors (Lipinski definition) is 1. The molecule has 0 spiro atoms. The number of benzene rings is 1. The van der Waals surface area contributed by atoms with Crippen molar-refractivity contribution in [2.75, 3.05) is 0 Å². The van der Waals surface area contributed by atoms with Gasteiger partial charge in [-0.3, -0.25) is 0 Å². The first-order valence-corrected chi connectivity index (χ1v) is 7.41.